The molecular formula is C17H26N2O2. The second kappa shape index (κ2) is 8.03. The minimum Gasteiger partial charge on any atom is -0.494 e. The third-order valence-corrected chi connectivity index (χ3v) is 3.92. The monoisotopic (exact) mass is 290 g/mol. The number of hydrogen-bond acceptors (Lipinski definition) is 3. The molecule has 1 aliphatic rings. The molecule has 0 bridgehead atoms. The zero-order valence-electron chi connectivity index (χ0n) is 13.0. The van der Waals surface area contributed by atoms with Crippen molar-refractivity contribution in [1.29, 1.82) is 0 Å². The van der Waals surface area contributed by atoms with E-state index in [4.69, 9.17) is 4.74 Å². The van der Waals surface area contributed by atoms with Crippen LogP contribution < -0.4 is 15.4 Å². The number of ether oxygens (including phenoxy) is 1. The van der Waals surface area contributed by atoms with E-state index in [0.29, 0.717) is 19.2 Å². The second-order valence-corrected chi connectivity index (χ2v) is 5.67. The Balaban J connectivity index is 1.78. The third kappa shape index (κ3) is 5.05. The molecule has 1 saturated carbocycles. The van der Waals surface area contributed by atoms with Gasteiger partial charge in [-0.15, -0.1) is 0 Å². The summed E-state index contributed by atoms with van der Waals surface area (Å²) in [4.78, 5) is 12.1. The molecule has 1 aromatic rings. The maximum Gasteiger partial charge on any atom is 0.237 e. The van der Waals surface area contributed by atoms with Crippen molar-refractivity contribution < 1.29 is 9.53 Å². The highest BCUT2D eigenvalue weighted by atomic mass is 16.5. The van der Waals surface area contributed by atoms with E-state index in [1.54, 1.807) is 0 Å². The van der Waals surface area contributed by atoms with Crippen LogP contribution in [0.4, 0.5) is 0 Å². The van der Waals surface area contributed by atoms with Gasteiger partial charge in [-0.25, -0.2) is 0 Å². The molecule has 1 unspecified atom stereocenters. The fraction of sp³-hybridized carbons (Fsp3) is 0.588. The topological polar surface area (TPSA) is 50.4 Å². The molecule has 116 valence electrons. The van der Waals surface area contributed by atoms with Crippen molar-refractivity contribution in [2.75, 3.05) is 6.61 Å². The molecule has 4 nitrogen and oxygen atoms in total. The Labute approximate surface area is 127 Å². The van der Waals surface area contributed by atoms with Crippen molar-refractivity contribution in [3.8, 4) is 5.75 Å². The summed E-state index contributed by atoms with van der Waals surface area (Å²) in [6.45, 7) is 5.22. The minimum atomic E-state index is -0.179. The van der Waals surface area contributed by atoms with Crippen molar-refractivity contribution in [2.24, 2.45) is 0 Å². The summed E-state index contributed by atoms with van der Waals surface area (Å²) in [5.74, 6) is 0.975. The summed E-state index contributed by atoms with van der Waals surface area (Å²) >= 11 is 0. The van der Waals surface area contributed by atoms with Crippen LogP contribution in [0.15, 0.2) is 24.3 Å². The number of nitrogens with one attached hydrogen (secondary N) is 2. The van der Waals surface area contributed by atoms with Gasteiger partial charge in [-0.2, -0.15) is 0 Å². The van der Waals surface area contributed by atoms with Gasteiger partial charge in [-0.05, 0) is 44.4 Å². The predicted molar refractivity (Wildman–Crippen MR) is 84.3 cm³/mol. The van der Waals surface area contributed by atoms with Crippen LogP contribution in [0.1, 0.15) is 45.1 Å². The van der Waals surface area contributed by atoms with Gasteiger partial charge < -0.3 is 15.4 Å². The average Bonchev–Trinajstić information content (AvgIpc) is 2.98. The standard InChI is InChI=1S/C17H26N2O2/c1-3-21-16-10-6-7-14(11-16)12-18-13(2)17(20)19-15-8-4-5-9-15/h6-7,10-11,13,15,18H,3-5,8-9,12H2,1-2H3,(H,19,20). The summed E-state index contributed by atoms with van der Waals surface area (Å²) in [5, 5.41) is 6.39. The van der Waals surface area contributed by atoms with Gasteiger partial charge in [0.2, 0.25) is 5.91 Å². The number of benzene rings is 1. The van der Waals surface area contributed by atoms with E-state index >= 15 is 0 Å². The number of hydrogen-bond donors (Lipinski definition) is 2. The van der Waals surface area contributed by atoms with Crippen LogP contribution in [0, 0.1) is 0 Å². The normalized spacial score (nSPS) is 16.7. The maximum atomic E-state index is 12.1. The van der Waals surface area contributed by atoms with Gasteiger partial charge in [-0.3, -0.25) is 4.79 Å². The van der Waals surface area contributed by atoms with Crippen molar-refractivity contribution >= 4 is 5.91 Å². The van der Waals surface area contributed by atoms with Crippen LogP contribution >= 0.6 is 0 Å². The summed E-state index contributed by atoms with van der Waals surface area (Å²) in [6, 6.07) is 8.17. The fourth-order valence-corrected chi connectivity index (χ4v) is 2.67. The quantitative estimate of drug-likeness (QED) is 0.811. The third-order valence-electron chi connectivity index (χ3n) is 3.92. The van der Waals surface area contributed by atoms with Crippen molar-refractivity contribution in [1.82, 2.24) is 10.6 Å². The number of carbonyl (C=O) groups excluding carboxylic acids is 1. The van der Waals surface area contributed by atoms with Gasteiger partial charge in [0, 0.05) is 12.6 Å². The van der Waals surface area contributed by atoms with Gasteiger partial charge in [0.05, 0.1) is 12.6 Å². The highest BCUT2D eigenvalue weighted by molar-refractivity contribution is 5.81. The molecule has 0 radical (unpaired) electrons. The first-order chi connectivity index (χ1) is 10.2. The number of carbonyl (C=O) groups is 1. The summed E-state index contributed by atoms with van der Waals surface area (Å²) in [7, 11) is 0. The molecular weight excluding hydrogens is 264 g/mol. The number of amides is 1. The highest BCUT2D eigenvalue weighted by Crippen LogP contribution is 2.17. The SMILES string of the molecule is CCOc1cccc(CNC(C)C(=O)NC2CCCC2)c1. The first kappa shape index (κ1) is 15.8. The molecule has 1 aromatic carbocycles. The zero-order chi connectivity index (χ0) is 15.1. The lowest BCUT2D eigenvalue weighted by Crippen LogP contribution is -2.45. The molecule has 1 amide bonds. The predicted octanol–water partition coefficient (Wildman–Crippen LogP) is 2.62. The first-order valence-corrected chi connectivity index (χ1v) is 7.94. The Bertz CT molecular complexity index is 456. The van der Waals surface area contributed by atoms with Crippen molar-refractivity contribution in [2.45, 2.75) is 58.2 Å². The largest absolute Gasteiger partial charge is 0.494 e. The Hall–Kier alpha value is -1.55. The molecule has 1 atom stereocenters. The molecule has 21 heavy (non-hydrogen) atoms. The van der Waals surface area contributed by atoms with E-state index in [1.807, 2.05) is 38.1 Å². The summed E-state index contributed by atoms with van der Waals surface area (Å²) in [5.41, 5.74) is 1.13. The van der Waals surface area contributed by atoms with Gasteiger partial charge in [-0.1, -0.05) is 25.0 Å². The fourth-order valence-electron chi connectivity index (χ4n) is 2.67. The van der Waals surface area contributed by atoms with Crippen LogP contribution in [0.5, 0.6) is 5.75 Å². The van der Waals surface area contributed by atoms with Crippen LogP contribution in [-0.2, 0) is 11.3 Å². The van der Waals surface area contributed by atoms with Crippen molar-refractivity contribution in [3.05, 3.63) is 29.8 Å². The molecule has 0 heterocycles. The van der Waals surface area contributed by atoms with Crippen LogP contribution in [0.2, 0.25) is 0 Å². The Kier molecular flexibility index (Phi) is 6.05. The molecule has 2 rings (SSSR count). The van der Waals surface area contributed by atoms with Gasteiger partial charge in [0.25, 0.3) is 0 Å². The van der Waals surface area contributed by atoms with E-state index in [-0.39, 0.29) is 11.9 Å². The Morgan fingerprint density at radius 2 is 2.14 bits per heavy atom. The van der Waals surface area contributed by atoms with Crippen molar-refractivity contribution in [3.63, 3.8) is 0 Å². The lowest BCUT2D eigenvalue weighted by molar-refractivity contribution is -0.123. The maximum absolute atomic E-state index is 12.1. The van der Waals surface area contributed by atoms with Crippen LogP contribution in [0.3, 0.4) is 0 Å². The lowest BCUT2D eigenvalue weighted by atomic mass is 10.2. The van der Waals surface area contributed by atoms with E-state index in [2.05, 4.69) is 10.6 Å². The van der Waals surface area contributed by atoms with E-state index < -0.39 is 0 Å². The second-order valence-electron chi connectivity index (χ2n) is 5.67. The Morgan fingerprint density at radius 3 is 2.86 bits per heavy atom. The van der Waals surface area contributed by atoms with Gasteiger partial charge >= 0.3 is 0 Å². The summed E-state index contributed by atoms with van der Waals surface area (Å²) < 4.78 is 5.48. The number of rotatable bonds is 7. The lowest BCUT2D eigenvalue weighted by Gasteiger charge is -2.18. The molecule has 4 heteroatoms. The van der Waals surface area contributed by atoms with E-state index in [0.717, 1.165) is 24.2 Å². The van der Waals surface area contributed by atoms with E-state index in [1.165, 1.54) is 12.8 Å². The average molecular weight is 290 g/mol. The Morgan fingerprint density at radius 1 is 1.38 bits per heavy atom. The molecule has 1 aliphatic carbocycles. The first-order valence-electron chi connectivity index (χ1n) is 7.94. The van der Waals surface area contributed by atoms with Gasteiger partial charge in [0.15, 0.2) is 0 Å². The molecule has 1 fully saturated rings. The molecule has 0 aliphatic heterocycles. The molecule has 0 spiro atoms. The smallest absolute Gasteiger partial charge is 0.237 e. The zero-order valence-corrected chi connectivity index (χ0v) is 13.0. The van der Waals surface area contributed by atoms with E-state index in [9.17, 15) is 4.79 Å². The molecule has 0 aromatic heterocycles. The van der Waals surface area contributed by atoms with Gasteiger partial charge in [0.1, 0.15) is 5.75 Å². The van der Waals surface area contributed by atoms with Crippen LogP contribution in [0.25, 0.3) is 0 Å². The molecule has 2 N–H and O–H groups in total. The van der Waals surface area contributed by atoms with Crippen LogP contribution in [-0.4, -0.2) is 24.6 Å². The minimum absolute atomic E-state index is 0.0999. The molecule has 0 saturated heterocycles. The summed E-state index contributed by atoms with van der Waals surface area (Å²) in [6.07, 6.45) is 4.71. The highest BCUT2D eigenvalue weighted by Gasteiger charge is 2.20.